The van der Waals surface area contributed by atoms with E-state index in [-0.39, 0.29) is 30.1 Å². The van der Waals surface area contributed by atoms with Crippen LogP contribution in [0.1, 0.15) is 19.4 Å². The first-order valence-electron chi connectivity index (χ1n) is 9.88. The fourth-order valence-corrected chi connectivity index (χ4v) is 5.76. The van der Waals surface area contributed by atoms with E-state index < -0.39 is 16.1 Å². The number of fused-ring (bicyclic) bond motifs is 1. The Morgan fingerprint density at radius 1 is 1.40 bits per heavy atom. The number of nitrogens with zero attached hydrogens (tertiary/aromatic N) is 3. The molecule has 0 fully saturated rings. The van der Waals surface area contributed by atoms with E-state index in [1.165, 1.54) is 4.31 Å². The monoisotopic (exact) mass is 497 g/mol. The molecule has 9 heteroatoms. The number of aliphatic hydroxyl groups excluding tert-OH is 1. The summed E-state index contributed by atoms with van der Waals surface area (Å²) in [5, 5.41) is 9.68. The minimum Gasteiger partial charge on any atom is -0.487 e. The van der Waals surface area contributed by atoms with Crippen molar-refractivity contribution in [1.82, 2.24) is 14.2 Å². The molecule has 0 aliphatic carbocycles. The van der Waals surface area contributed by atoms with Gasteiger partial charge in [0, 0.05) is 48.5 Å². The van der Waals surface area contributed by atoms with Gasteiger partial charge in [0.05, 0.1) is 6.61 Å². The molecule has 0 unspecified atom stereocenters. The first kappa shape index (κ1) is 23.1. The molecule has 1 aromatic heterocycles. The number of pyridine rings is 1. The fourth-order valence-electron chi connectivity index (χ4n) is 3.59. The lowest BCUT2D eigenvalue weighted by Gasteiger charge is -2.37. The molecule has 2 heterocycles. The van der Waals surface area contributed by atoms with Crippen molar-refractivity contribution in [3.05, 3.63) is 52.8 Å². The summed E-state index contributed by atoms with van der Waals surface area (Å²) in [6.07, 6.45) is 3.35. The highest BCUT2D eigenvalue weighted by atomic mass is 79.9. The zero-order chi connectivity index (χ0) is 21.9. The van der Waals surface area contributed by atoms with Crippen LogP contribution in [0.25, 0.3) is 0 Å². The van der Waals surface area contributed by atoms with Gasteiger partial charge in [-0.15, -0.1) is 0 Å². The molecule has 0 radical (unpaired) electrons. The third-order valence-corrected chi connectivity index (χ3v) is 7.81. The van der Waals surface area contributed by atoms with Crippen molar-refractivity contribution in [1.29, 1.82) is 0 Å². The molecule has 0 bridgehead atoms. The van der Waals surface area contributed by atoms with Crippen LogP contribution in [0.2, 0.25) is 0 Å². The van der Waals surface area contributed by atoms with Crippen LogP contribution >= 0.6 is 15.9 Å². The number of aliphatic hydroxyl groups is 1. The Morgan fingerprint density at radius 2 is 2.17 bits per heavy atom. The minimum atomic E-state index is -3.80. The van der Waals surface area contributed by atoms with Gasteiger partial charge in [-0.3, -0.25) is 9.88 Å². The van der Waals surface area contributed by atoms with E-state index in [0.717, 1.165) is 10.0 Å². The van der Waals surface area contributed by atoms with Crippen molar-refractivity contribution in [3.63, 3.8) is 0 Å². The maximum atomic E-state index is 13.3. The molecule has 3 rings (SSSR count). The third kappa shape index (κ3) is 5.20. The number of benzene rings is 1. The Kier molecular flexibility index (Phi) is 7.52. The van der Waals surface area contributed by atoms with Gasteiger partial charge in [-0.2, -0.15) is 4.31 Å². The average Bonchev–Trinajstić information content (AvgIpc) is 2.70. The van der Waals surface area contributed by atoms with Crippen molar-refractivity contribution in [3.8, 4) is 5.75 Å². The van der Waals surface area contributed by atoms with Crippen LogP contribution in [0, 0.1) is 5.92 Å². The van der Waals surface area contributed by atoms with Gasteiger partial charge in [0.15, 0.2) is 0 Å². The molecule has 1 aliphatic heterocycles. The Labute approximate surface area is 186 Å². The Hall–Kier alpha value is -1.52. The van der Waals surface area contributed by atoms with E-state index in [1.807, 2.05) is 32.3 Å². The summed E-state index contributed by atoms with van der Waals surface area (Å²) in [6, 6.07) is 8.34. The van der Waals surface area contributed by atoms with E-state index in [4.69, 9.17) is 4.74 Å². The lowest BCUT2D eigenvalue weighted by atomic mass is 10.0. The Bertz CT molecular complexity index is 958. The fraction of sp³-hybridized carbons (Fsp3) is 0.476. The van der Waals surface area contributed by atoms with E-state index in [2.05, 4.69) is 25.8 Å². The Morgan fingerprint density at radius 3 is 2.83 bits per heavy atom. The van der Waals surface area contributed by atoms with Gasteiger partial charge in [-0.1, -0.05) is 28.9 Å². The predicted molar refractivity (Wildman–Crippen MR) is 119 cm³/mol. The van der Waals surface area contributed by atoms with Crippen LogP contribution in [0.5, 0.6) is 5.75 Å². The maximum absolute atomic E-state index is 13.3. The standard InChI is InChI=1S/C21H28BrN3O4S/c1-15-11-25(16(2)14-26)30(27,28)21-7-6-18(22)9-19(21)29-20(15)13-24(3)12-17-5-4-8-23-10-17/h4-10,15-16,20,26H,11-14H2,1-3H3/t15-,16+,20-/m1/s1. The molecule has 1 aliphatic rings. The largest absolute Gasteiger partial charge is 0.487 e. The van der Waals surface area contributed by atoms with Crippen LogP contribution in [-0.2, 0) is 16.6 Å². The van der Waals surface area contributed by atoms with E-state index in [9.17, 15) is 13.5 Å². The van der Waals surface area contributed by atoms with Crippen LogP contribution in [0.15, 0.2) is 52.1 Å². The number of rotatable bonds is 6. The summed E-state index contributed by atoms with van der Waals surface area (Å²) in [6.45, 7) is 5.05. The molecule has 0 saturated carbocycles. The molecule has 30 heavy (non-hydrogen) atoms. The van der Waals surface area contributed by atoms with Crippen LogP contribution in [0.3, 0.4) is 0 Å². The average molecular weight is 498 g/mol. The minimum absolute atomic E-state index is 0.0859. The van der Waals surface area contributed by atoms with Crippen LogP contribution in [-0.4, -0.2) is 66.6 Å². The second kappa shape index (κ2) is 9.74. The number of likely N-dealkylation sites (N-methyl/N-ethyl adjacent to an activating group) is 1. The number of hydrogen-bond donors (Lipinski definition) is 1. The van der Waals surface area contributed by atoms with Crippen molar-refractivity contribution in [2.45, 2.75) is 37.4 Å². The summed E-state index contributed by atoms with van der Waals surface area (Å²) in [5.41, 5.74) is 1.10. The van der Waals surface area contributed by atoms with Gasteiger partial charge in [-0.25, -0.2) is 8.42 Å². The predicted octanol–water partition coefficient (Wildman–Crippen LogP) is 2.74. The van der Waals surface area contributed by atoms with E-state index in [0.29, 0.717) is 18.8 Å². The highest BCUT2D eigenvalue weighted by Gasteiger charge is 2.38. The molecule has 0 spiro atoms. The second-order valence-corrected chi connectivity index (χ2v) is 10.7. The van der Waals surface area contributed by atoms with Gasteiger partial charge in [-0.05, 0) is 43.8 Å². The van der Waals surface area contributed by atoms with E-state index >= 15 is 0 Å². The quantitative estimate of drug-likeness (QED) is 0.660. The Balaban J connectivity index is 1.92. The number of halogens is 1. The van der Waals surface area contributed by atoms with Crippen molar-refractivity contribution in [2.24, 2.45) is 5.92 Å². The van der Waals surface area contributed by atoms with Gasteiger partial charge < -0.3 is 9.84 Å². The maximum Gasteiger partial charge on any atom is 0.247 e. The highest BCUT2D eigenvalue weighted by Crippen LogP contribution is 2.35. The number of aromatic nitrogens is 1. The normalized spacial score (nSPS) is 22.6. The van der Waals surface area contributed by atoms with Crippen LogP contribution in [0.4, 0.5) is 0 Å². The van der Waals surface area contributed by atoms with Crippen molar-refractivity contribution < 1.29 is 18.3 Å². The molecular formula is C21H28BrN3O4S. The number of sulfonamides is 1. The molecule has 0 saturated heterocycles. The van der Waals surface area contributed by atoms with Gasteiger partial charge in [0.2, 0.25) is 10.0 Å². The summed E-state index contributed by atoms with van der Waals surface area (Å²) in [4.78, 5) is 6.43. The summed E-state index contributed by atoms with van der Waals surface area (Å²) in [5.74, 6) is 0.239. The molecule has 2 aromatic rings. The second-order valence-electron chi connectivity index (χ2n) is 7.89. The molecule has 7 nitrogen and oxygen atoms in total. The third-order valence-electron chi connectivity index (χ3n) is 5.30. The summed E-state index contributed by atoms with van der Waals surface area (Å²) in [7, 11) is -1.79. The summed E-state index contributed by atoms with van der Waals surface area (Å²) < 4.78 is 35.0. The molecule has 164 valence electrons. The zero-order valence-electron chi connectivity index (χ0n) is 17.4. The van der Waals surface area contributed by atoms with Gasteiger partial charge >= 0.3 is 0 Å². The zero-order valence-corrected chi connectivity index (χ0v) is 19.8. The highest BCUT2D eigenvalue weighted by molar-refractivity contribution is 9.10. The molecule has 0 amide bonds. The van der Waals surface area contributed by atoms with E-state index in [1.54, 1.807) is 31.3 Å². The first-order valence-corrected chi connectivity index (χ1v) is 12.1. The lowest BCUT2D eigenvalue weighted by Crippen LogP contribution is -2.49. The molecular weight excluding hydrogens is 470 g/mol. The summed E-state index contributed by atoms with van der Waals surface area (Å²) >= 11 is 3.42. The number of ether oxygens (including phenoxy) is 1. The van der Waals surface area contributed by atoms with Gasteiger partial charge in [0.1, 0.15) is 16.7 Å². The lowest BCUT2D eigenvalue weighted by molar-refractivity contribution is 0.0733. The molecule has 3 atom stereocenters. The topological polar surface area (TPSA) is 83.0 Å². The van der Waals surface area contributed by atoms with Crippen molar-refractivity contribution in [2.75, 3.05) is 26.7 Å². The van der Waals surface area contributed by atoms with Crippen molar-refractivity contribution >= 4 is 26.0 Å². The molecule has 1 aromatic carbocycles. The SMILES string of the molecule is C[C@@H]1CN([C@@H](C)CO)S(=O)(=O)c2ccc(Br)cc2O[C@@H]1CN(C)Cc1cccnc1. The number of hydrogen-bond acceptors (Lipinski definition) is 6. The van der Waals surface area contributed by atoms with Gasteiger partial charge in [0.25, 0.3) is 0 Å². The smallest absolute Gasteiger partial charge is 0.247 e. The molecule has 1 N–H and O–H groups in total. The van der Waals surface area contributed by atoms with Crippen LogP contribution < -0.4 is 4.74 Å². The first-order chi connectivity index (χ1) is 14.2.